The van der Waals surface area contributed by atoms with Gasteiger partial charge in [0.2, 0.25) is 0 Å². The fourth-order valence-corrected chi connectivity index (χ4v) is 3.52. The van der Waals surface area contributed by atoms with Crippen LogP contribution in [0.1, 0.15) is 10.4 Å². The van der Waals surface area contributed by atoms with E-state index >= 15 is 0 Å². The van der Waals surface area contributed by atoms with Gasteiger partial charge in [0.15, 0.2) is 5.11 Å². The van der Waals surface area contributed by atoms with Gasteiger partial charge in [0.1, 0.15) is 5.69 Å². The van der Waals surface area contributed by atoms with Gasteiger partial charge in [-0.25, -0.2) is 4.68 Å². The van der Waals surface area contributed by atoms with Gasteiger partial charge in [0, 0.05) is 16.8 Å². The van der Waals surface area contributed by atoms with E-state index in [0.717, 1.165) is 11.3 Å². The molecule has 4 aromatic rings. The standard InChI is InChI=1S/C23H16Cl2N4OS/c24-16-11-12-19(25)20(13-16)26-23(31)27-22(30)18-14-29(17-9-5-2-6-10-17)28-21(18)15-7-3-1-4-8-15/h1-14H,(H2,26,27,30,31). The number of thiocarbonyl (C=S) groups is 1. The predicted molar refractivity (Wildman–Crippen MR) is 129 cm³/mol. The lowest BCUT2D eigenvalue weighted by atomic mass is 10.1. The minimum absolute atomic E-state index is 0.0978. The van der Waals surface area contributed by atoms with Crippen molar-refractivity contribution in [2.24, 2.45) is 0 Å². The average Bonchev–Trinajstić information content (AvgIpc) is 3.23. The number of para-hydroxylation sites is 1. The number of benzene rings is 3. The number of carbonyl (C=O) groups excluding carboxylic acids is 1. The van der Waals surface area contributed by atoms with Crippen molar-refractivity contribution in [3.8, 4) is 16.9 Å². The topological polar surface area (TPSA) is 59.0 Å². The molecule has 0 bridgehead atoms. The van der Waals surface area contributed by atoms with E-state index in [1.165, 1.54) is 0 Å². The molecule has 31 heavy (non-hydrogen) atoms. The summed E-state index contributed by atoms with van der Waals surface area (Å²) in [6.45, 7) is 0. The molecule has 4 rings (SSSR count). The third-order valence-corrected chi connectivity index (χ3v) is 5.20. The second-order valence-electron chi connectivity index (χ2n) is 6.57. The average molecular weight is 467 g/mol. The smallest absolute Gasteiger partial charge is 0.261 e. The summed E-state index contributed by atoms with van der Waals surface area (Å²) in [4.78, 5) is 13.1. The molecule has 0 spiro atoms. The second kappa shape index (κ2) is 9.31. The maximum absolute atomic E-state index is 13.1. The third kappa shape index (κ3) is 4.94. The van der Waals surface area contributed by atoms with E-state index in [4.69, 9.17) is 35.4 Å². The van der Waals surface area contributed by atoms with Crippen LogP contribution in [0, 0.1) is 0 Å². The highest BCUT2D eigenvalue weighted by molar-refractivity contribution is 7.80. The summed E-state index contributed by atoms with van der Waals surface area (Å²) in [5, 5.41) is 11.3. The summed E-state index contributed by atoms with van der Waals surface area (Å²) in [7, 11) is 0. The number of rotatable bonds is 4. The number of anilines is 1. The lowest BCUT2D eigenvalue weighted by molar-refractivity contribution is 0.0978. The molecule has 0 saturated carbocycles. The van der Waals surface area contributed by atoms with Crippen LogP contribution in [0.2, 0.25) is 10.0 Å². The summed E-state index contributed by atoms with van der Waals surface area (Å²) >= 11 is 17.5. The molecule has 5 nitrogen and oxygen atoms in total. The quantitative estimate of drug-likeness (QED) is 0.363. The molecule has 0 fully saturated rings. The molecule has 0 atom stereocenters. The fourth-order valence-electron chi connectivity index (χ4n) is 2.98. The normalized spacial score (nSPS) is 10.5. The Labute approximate surface area is 194 Å². The zero-order valence-corrected chi connectivity index (χ0v) is 18.4. The summed E-state index contributed by atoms with van der Waals surface area (Å²) in [5.74, 6) is -0.392. The van der Waals surface area contributed by atoms with Gasteiger partial charge in [-0.05, 0) is 42.5 Å². The van der Waals surface area contributed by atoms with Crippen LogP contribution in [0.5, 0.6) is 0 Å². The second-order valence-corrected chi connectivity index (χ2v) is 7.82. The number of amides is 1. The number of hydrogen-bond acceptors (Lipinski definition) is 3. The number of hydrogen-bond donors (Lipinski definition) is 2. The monoisotopic (exact) mass is 466 g/mol. The summed E-state index contributed by atoms with van der Waals surface area (Å²) in [6.07, 6.45) is 1.68. The molecule has 8 heteroatoms. The van der Waals surface area contributed by atoms with Crippen molar-refractivity contribution in [1.82, 2.24) is 15.1 Å². The first-order valence-electron chi connectivity index (χ1n) is 9.29. The lowest BCUT2D eigenvalue weighted by Crippen LogP contribution is -2.34. The van der Waals surface area contributed by atoms with Crippen LogP contribution < -0.4 is 10.6 Å². The summed E-state index contributed by atoms with van der Waals surface area (Å²) in [6, 6.07) is 24.0. The van der Waals surface area contributed by atoms with Gasteiger partial charge < -0.3 is 5.32 Å². The van der Waals surface area contributed by atoms with Crippen molar-refractivity contribution >= 4 is 52.1 Å². The van der Waals surface area contributed by atoms with Crippen molar-refractivity contribution in [1.29, 1.82) is 0 Å². The Morgan fingerprint density at radius 2 is 1.61 bits per heavy atom. The van der Waals surface area contributed by atoms with Gasteiger partial charge in [-0.15, -0.1) is 0 Å². The maximum Gasteiger partial charge on any atom is 0.261 e. The molecule has 154 valence electrons. The van der Waals surface area contributed by atoms with Gasteiger partial charge in [0.05, 0.1) is 22.0 Å². The molecule has 1 amide bonds. The number of nitrogens with one attached hydrogen (secondary N) is 2. The van der Waals surface area contributed by atoms with Gasteiger partial charge in [-0.1, -0.05) is 71.7 Å². The van der Waals surface area contributed by atoms with E-state index in [2.05, 4.69) is 15.7 Å². The molecule has 0 aliphatic heterocycles. The van der Waals surface area contributed by atoms with E-state index in [9.17, 15) is 4.79 Å². The number of nitrogens with zero attached hydrogens (tertiary/aromatic N) is 2. The predicted octanol–water partition coefficient (Wildman–Crippen LogP) is 5.97. The van der Waals surface area contributed by atoms with E-state index in [0.29, 0.717) is 27.0 Å². The van der Waals surface area contributed by atoms with Crippen LogP contribution in [-0.4, -0.2) is 20.8 Å². The highest BCUT2D eigenvalue weighted by atomic mass is 35.5. The zero-order chi connectivity index (χ0) is 21.8. The number of aromatic nitrogens is 2. The molecule has 0 radical (unpaired) electrons. The van der Waals surface area contributed by atoms with E-state index in [1.807, 2.05) is 60.7 Å². The number of carbonyl (C=O) groups is 1. The fraction of sp³-hybridized carbons (Fsp3) is 0. The van der Waals surface area contributed by atoms with Crippen molar-refractivity contribution in [2.75, 3.05) is 5.32 Å². The van der Waals surface area contributed by atoms with Crippen molar-refractivity contribution in [2.45, 2.75) is 0 Å². The molecule has 0 unspecified atom stereocenters. The third-order valence-electron chi connectivity index (χ3n) is 4.43. The lowest BCUT2D eigenvalue weighted by Gasteiger charge is -2.11. The molecule has 1 heterocycles. The Kier molecular flexibility index (Phi) is 6.32. The Hall–Kier alpha value is -3.19. The van der Waals surface area contributed by atoms with Gasteiger partial charge in [-0.2, -0.15) is 5.10 Å². The molecule has 0 saturated heterocycles. The maximum atomic E-state index is 13.1. The van der Waals surface area contributed by atoms with Crippen molar-refractivity contribution < 1.29 is 4.79 Å². The Balaban J connectivity index is 1.63. The Morgan fingerprint density at radius 1 is 0.935 bits per heavy atom. The van der Waals surface area contributed by atoms with Gasteiger partial charge in [0.25, 0.3) is 5.91 Å². The van der Waals surface area contributed by atoms with E-state index < -0.39 is 5.91 Å². The molecule has 1 aromatic heterocycles. The van der Waals surface area contributed by atoms with Crippen LogP contribution in [-0.2, 0) is 0 Å². The van der Waals surface area contributed by atoms with Gasteiger partial charge >= 0.3 is 0 Å². The van der Waals surface area contributed by atoms with E-state index in [-0.39, 0.29) is 5.11 Å². The summed E-state index contributed by atoms with van der Waals surface area (Å²) < 4.78 is 1.67. The minimum atomic E-state index is -0.392. The highest BCUT2D eigenvalue weighted by Crippen LogP contribution is 2.26. The largest absolute Gasteiger partial charge is 0.331 e. The number of halogens is 2. The van der Waals surface area contributed by atoms with Crippen molar-refractivity contribution in [3.63, 3.8) is 0 Å². The molecule has 3 aromatic carbocycles. The molecular formula is C23H16Cl2N4OS. The zero-order valence-electron chi connectivity index (χ0n) is 16.0. The minimum Gasteiger partial charge on any atom is -0.331 e. The first-order valence-corrected chi connectivity index (χ1v) is 10.5. The Morgan fingerprint density at radius 3 is 2.32 bits per heavy atom. The first kappa shape index (κ1) is 21.1. The van der Waals surface area contributed by atoms with Crippen molar-refractivity contribution in [3.05, 3.63) is 101 Å². The van der Waals surface area contributed by atoms with Crippen LogP contribution in [0.15, 0.2) is 85.1 Å². The Bertz CT molecular complexity index is 1240. The van der Waals surface area contributed by atoms with E-state index in [1.54, 1.807) is 29.1 Å². The van der Waals surface area contributed by atoms with Crippen LogP contribution in [0.4, 0.5) is 5.69 Å². The SMILES string of the molecule is O=C(NC(=S)Nc1cc(Cl)ccc1Cl)c1cn(-c2ccccc2)nc1-c1ccccc1. The summed E-state index contributed by atoms with van der Waals surface area (Å²) in [5.41, 5.74) is 3.09. The van der Waals surface area contributed by atoms with Gasteiger partial charge in [-0.3, -0.25) is 10.1 Å². The molecule has 0 aliphatic carbocycles. The van der Waals surface area contributed by atoms with Crippen LogP contribution in [0.3, 0.4) is 0 Å². The van der Waals surface area contributed by atoms with Crippen LogP contribution >= 0.6 is 35.4 Å². The highest BCUT2D eigenvalue weighted by Gasteiger charge is 2.19. The first-order chi connectivity index (χ1) is 15.0. The molecule has 0 aliphatic rings. The van der Waals surface area contributed by atoms with Crippen LogP contribution in [0.25, 0.3) is 16.9 Å². The molecule has 2 N–H and O–H groups in total. The molecular weight excluding hydrogens is 451 g/mol.